The molecule has 0 bridgehead atoms. The summed E-state index contributed by atoms with van der Waals surface area (Å²) in [6.07, 6.45) is 0. The number of halogens is 1. The van der Waals surface area contributed by atoms with Crippen LogP contribution in [0.2, 0.25) is 5.28 Å². The molecule has 0 atom stereocenters. The molecule has 5 nitrogen and oxygen atoms in total. The first-order valence-electron chi connectivity index (χ1n) is 5.06. The molecular formula is C11H12ClN3O2. The predicted molar refractivity (Wildman–Crippen MR) is 66.6 cm³/mol. The van der Waals surface area contributed by atoms with Gasteiger partial charge >= 0.3 is 0 Å². The van der Waals surface area contributed by atoms with E-state index < -0.39 is 0 Å². The van der Waals surface area contributed by atoms with E-state index in [0.29, 0.717) is 23.3 Å². The molecule has 0 amide bonds. The van der Waals surface area contributed by atoms with E-state index in [1.807, 2.05) is 0 Å². The Hall–Kier alpha value is -1.59. The van der Waals surface area contributed by atoms with Crippen LogP contribution in [0.3, 0.4) is 0 Å². The van der Waals surface area contributed by atoms with E-state index in [2.05, 4.69) is 10.3 Å². The molecule has 0 saturated heterocycles. The van der Waals surface area contributed by atoms with E-state index in [4.69, 9.17) is 16.3 Å². The van der Waals surface area contributed by atoms with Crippen LogP contribution in [0.15, 0.2) is 23.0 Å². The summed E-state index contributed by atoms with van der Waals surface area (Å²) in [6.45, 7) is 0.326. The SMILES string of the molecule is CNCn1c(Cl)nc2cc(OC)ccc2c1=O. The number of nitrogens with zero attached hydrogens (tertiary/aromatic N) is 2. The Morgan fingerprint density at radius 2 is 2.29 bits per heavy atom. The highest BCUT2D eigenvalue weighted by atomic mass is 35.5. The van der Waals surface area contributed by atoms with Crippen molar-refractivity contribution in [2.75, 3.05) is 14.2 Å². The van der Waals surface area contributed by atoms with E-state index in [-0.39, 0.29) is 10.8 Å². The third kappa shape index (κ3) is 2.11. The lowest BCUT2D eigenvalue weighted by Crippen LogP contribution is -2.27. The average molecular weight is 254 g/mol. The Kier molecular flexibility index (Phi) is 3.31. The van der Waals surface area contributed by atoms with Gasteiger partial charge in [0.1, 0.15) is 5.75 Å². The molecular weight excluding hydrogens is 242 g/mol. The van der Waals surface area contributed by atoms with Crippen molar-refractivity contribution in [1.29, 1.82) is 0 Å². The zero-order valence-corrected chi connectivity index (χ0v) is 10.3. The number of methoxy groups -OCH3 is 1. The molecule has 90 valence electrons. The number of ether oxygens (including phenoxy) is 1. The fourth-order valence-corrected chi connectivity index (χ4v) is 1.82. The fourth-order valence-electron chi connectivity index (χ4n) is 1.60. The van der Waals surface area contributed by atoms with Crippen molar-refractivity contribution in [3.05, 3.63) is 33.8 Å². The van der Waals surface area contributed by atoms with Crippen LogP contribution in [-0.2, 0) is 6.67 Å². The first-order valence-corrected chi connectivity index (χ1v) is 5.44. The first-order chi connectivity index (χ1) is 8.17. The maximum Gasteiger partial charge on any atom is 0.263 e. The molecule has 1 aromatic carbocycles. The van der Waals surface area contributed by atoms with Gasteiger partial charge in [-0.25, -0.2) is 4.98 Å². The van der Waals surface area contributed by atoms with Crippen molar-refractivity contribution in [2.45, 2.75) is 6.67 Å². The first kappa shape index (κ1) is 11.9. The molecule has 0 fully saturated rings. The standard InChI is InChI=1S/C11H12ClN3O2/c1-13-6-15-10(16)8-4-3-7(17-2)5-9(8)14-11(15)12/h3-5,13H,6H2,1-2H3. The molecule has 2 aromatic rings. The van der Waals surface area contributed by atoms with Crippen LogP contribution in [-0.4, -0.2) is 23.7 Å². The smallest absolute Gasteiger partial charge is 0.263 e. The highest BCUT2D eigenvalue weighted by Gasteiger charge is 2.09. The maximum absolute atomic E-state index is 12.1. The summed E-state index contributed by atoms with van der Waals surface area (Å²) < 4.78 is 6.45. The van der Waals surface area contributed by atoms with E-state index in [1.165, 1.54) is 4.57 Å². The van der Waals surface area contributed by atoms with Gasteiger partial charge < -0.3 is 10.1 Å². The Labute approximate surface area is 103 Å². The zero-order chi connectivity index (χ0) is 12.4. The van der Waals surface area contributed by atoms with Crippen molar-refractivity contribution in [3.63, 3.8) is 0 Å². The third-order valence-corrected chi connectivity index (χ3v) is 2.72. The van der Waals surface area contributed by atoms with Crippen LogP contribution in [0.5, 0.6) is 5.75 Å². The number of nitrogens with one attached hydrogen (secondary N) is 1. The molecule has 1 aromatic heterocycles. The highest BCUT2D eigenvalue weighted by Crippen LogP contribution is 2.18. The van der Waals surface area contributed by atoms with Gasteiger partial charge in [0.05, 0.1) is 24.7 Å². The Bertz CT molecular complexity index is 609. The molecule has 0 unspecified atom stereocenters. The van der Waals surface area contributed by atoms with Gasteiger partial charge in [0, 0.05) is 6.07 Å². The van der Waals surface area contributed by atoms with Crippen LogP contribution in [0.25, 0.3) is 10.9 Å². The molecule has 0 aliphatic rings. The second-order valence-corrected chi connectivity index (χ2v) is 3.85. The van der Waals surface area contributed by atoms with Crippen molar-refractivity contribution in [1.82, 2.24) is 14.9 Å². The summed E-state index contributed by atoms with van der Waals surface area (Å²) >= 11 is 5.95. The van der Waals surface area contributed by atoms with Gasteiger partial charge in [-0.05, 0) is 30.8 Å². The van der Waals surface area contributed by atoms with Crippen LogP contribution in [0.1, 0.15) is 0 Å². The lowest BCUT2D eigenvalue weighted by Gasteiger charge is -2.09. The molecule has 1 heterocycles. The summed E-state index contributed by atoms with van der Waals surface area (Å²) in [7, 11) is 3.30. The van der Waals surface area contributed by atoms with Gasteiger partial charge in [-0.15, -0.1) is 0 Å². The normalized spacial score (nSPS) is 10.8. The third-order valence-electron chi connectivity index (χ3n) is 2.43. The van der Waals surface area contributed by atoms with Crippen LogP contribution in [0, 0.1) is 0 Å². The van der Waals surface area contributed by atoms with Gasteiger partial charge in [0.15, 0.2) is 0 Å². The van der Waals surface area contributed by atoms with Gasteiger partial charge in [-0.3, -0.25) is 9.36 Å². The molecule has 0 saturated carbocycles. The van der Waals surface area contributed by atoms with Crippen LogP contribution >= 0.6 is 11.6 Å². The number of fused-ring (bicyclic) bond motifs is 1. The summed E-state index contributed by atoms with van der Waals surface area (Å²) in [4.78, 5) is 16.3. The minimum Gasteiger partial charge on any atom is -0.497 e. The number of benzene rings is 1. The van der Waals surface area contributed by atoms with Crippen molar-refractivity contribution < 1.29 is 4.74 Å². The molecule has 17 heavy (non-hydrogen) atoms. The molecule has 6 heteroatoms. The zero-order valence-electron chi connectivity index (χ0n) is 9.53. The fraction of sp³-hybridized carbons (Fsp3) is 0.273. The molecule has 0 radical (unpaired) electrons. The van der Waals surface area contributed by atoms with E-state index in [1.54, 1.807) is 32.4 Å². The number of hydrogen-bond donors (Lipinski definition) is 1. The topological polar surface area (TPSA) is 56.1 Å². The predicted octanol–water partition coefficient (Wildman–Crippen LogP) is 1.24. The number of rotatable bonds is 3. The van der Waals surface area contributed by atoms with Gasteiger partial charge in [0.2, 0.25) is 5.28 Å². The van der Waals surface area contributed by atoms with Gasteiger partial charge in [0.25, 0.3) is 5.56 Å². The van der Waals surface area contributed by atoms with Crippen LogP contribution in [0.4, 0.5) is 0 Å². The molecule has 1 N–H and O–H groups in total. The second kappa shape index (κ2) is 4.73. The average Bonchev–Trinajstić information content (AvgIpc) is 2.33. The van der Waals surface area contributed by atoms with E-state index >= 15 is 0 Å². The van der Waals surface area contributed by atoms with Crippen molar-refractivity contribution >= 4 is 22.5 Å². The van der Waals surface area contributed by atoms with E-state index in [0.717, 1.165) is 0 Å². The van der Waals surface area contributed by atoms with Gasteiger partial charge in [-0.2, -0.15) is 0 Å². The largest absolute Gasteiger partial charge is 0.497 e. The molecule has 2 rings (SSSR count). The summed E-state index contributed by atoms with van der Waals surface area (Å²) in [5, 5.41) is 3.54. The van der Waals surface area contributed by atoms with Crippen molar-refractivity contribution in [2.24, 2.45) is 0 Å². The minimum absolute atomic E-state index is 0.158. The van der Waals surface area contributed by atoms with Crippen molar-refractivity contribution in [3.8, 4) is 5.75 Å². The molecule has 0 spiro atoms. The van der Waals surface area contributed by atoms with E-state index in [9.17, 15) is 4.79 Å². The van der Waals surface area contributed by atoms with Gasteiger partial charge in [-0.1, -0.05) is 0 Å². The summed E-state index contributed by atoms with van der Waals surface area (Å²) in [5.74, 6) is 0.645. The highest BCUT2D eigenvalue weighted by molar-refractivity contribution is 6.28. The second-order valence-electron chi connectivity index (χ2n) is 3.51. The lowest BCUT2D eigenvalue weighted by molar-refractivity contribution is 0.415. The quantitative estimate of drug-likeness (QED) is 0.836. The molecule has 0 aliphatic heterocycles. The minimum atomic E-state index is -0.169. The Morgan fingerprint density at radius 3 is 2.94 bits per heavy atom. The monoisotopic (exact) mass is 253 g/mol. The number of hydrogen-bond acceptors (Lipinski definition) is 4. The Balaban J connectivity index is 2.72. The summed E-state index contributed by atoms with van der Waals surface area (Å²) in [6, 6.07) is 5.10. The number of aromatic nitrogens is 2. The lowest BCUT2D eigenvalue weighted by atomic mass is 10.2. The Morgan fingerprint density at radius 1 is 1.53 bits per heavy atom. The molecule has 0 aliphatic carbocycles. The summed E-state index contributed by atoms with van der Waals surface area (Å²) in [5.41, 5.74) is 0.365. The van der Waals surface area contributed by atoms with Crippen LogP contribution < -0.4 is 15.6 Å². The maximum atomic E-state index is 12.1.